The van der Waals surface area contributed by atoms with Gasteiger partial charge in [-0.25, -0.2) is 4.98 Å². The predicted octanol–water partition coefficient (Wildman–Crippen LogP) is 2.82. The fraction of sp³-hybridized carbons (Fsp3) is 0.455. The molecule has 1 aromatic rings. The molecule has 2 rings (SSSR count). The van der Waals surface area contributed by atoms with E-state index in [4.69, 9.17) is 5.53 Å². The van der Waals surface area contributed by atoms with Gasteiger partial charge in [-0.15, -0.1) is 0 Å². The standard InChI is InChI=1S/C11H12BrN5O/c1-7-2-10(14-5-9(7)12)17-6-8(3-11(17)18)4-15-16-13/h2,5,8H,3-4,6H2,1H3. The maximum atomic E-state index is 11.9. The molecule has 18 heavy (non-hydrogen) atoms. The van der Waals surface area contributed by atoms with Gasteiger partial charge in [-0.3, -0.25) is 9.69 Å². The summed E-state index contributed by atoms with van der Waals surface area (Å²) in [5.41, 5.74) is 9.32. The lowest BCUT2D eigenvalue weighted by Gasteiger charge is -2.16. The minimum atomic E-state index is 0.0300. The lowest BCUT2D eigenvalue weighted by Crippen LogP contribution is -2.25. The summed E-state index contributed by atoms with van der Waals surface area (Å²) in [6.45, 7) is 2.87. The molecule has 0 saturated carbocycles. The number of nitrogens with zero attached hydrogens (tertiary/aromatic N) is 5. The fourth-order valence-electron chi connectivity index (χ4n) is 1.95. The van der Waals surface area contributed by atoms with Crippen LogP contribution in [0.1, 0.15) is 12.0 Å². The van der Waals surface area contributed by atoms with Gasteiger partial charge in [0, 0.05) is 35.1 Å². The van der Waals surface area contributed by atoms with Crippen molar-refractivity contribution in [3.8, 4) is 0 Å². The Morgan fingerprint density at radius 2 is 2.50 bits per heavy atom. The van der Waals surface area contributed by atoms with Gasteiger partial charge in [-0.2, -0.15) is 0 Å². The van der Waals surface area contributed by atoms with Crippen LogP contribution < -0.4 is 4.90 Å². The van der Waals surface area contributed by atoms with Gasteiger partial charge in [0.25, 0.3) is 0 Å². The maximum absolute atomic E-state index is 11.9. The number of hydrogen-bond acceptors (Lipinski definition) is 3. The molecule has 6 nitrogen and oxygen atoms in total. The first-order chi connectivity index (χ1) is 8.61. The normalized spacial score (nSPS) is 18.9. The Hall–Kier alpha value is -1.59. The summed E-state index contributed by atoms with van der Waals surface area (Å²) in [5.74, 6) is 0.769. The molecule has 94 valence electrons. The maximum Gasteiger partial charge on any atom is 0.228 e. The van der Waals surface area contributed by atoms with Crippen LogP contribution in [0, 0.1) is 12.8 Å². The molecule has 0 N–H and O–H groups in total. The highest BCUT2D eigenvalue weighted by atomic mass is 79.9. The van der Waals surface area contributed by atoms with Crippen molar-refractivity contribution in [2.75, 3.05) is 18.0 Å². The monoisotopic (exact) mass is 309 g/mol. The van der Waals surface area contributed by atoms with Crippen LogP contribution in [0.4, 0.5) is 5.82 Å². The summed E-state index contributed by atoms with van der Waals surface area (Å²) in [7, 11) is 0. The highest BCUT2D eigenvalue weighted by Gasteiger charge is 2.30. The number of pyridine rings is 1. The molecule has 1 aromatic heterocycles. The minimum Gasteiger partial charge on any atom is -0.297 e. The number of hydrogen-bond donors (Lipinski definition) is 0. The van der Waals surface area contributed by atoms with Gasteiger partial charge in [-0.1, -0.05) is 5.11 Å². The Morgan fingerprint density at radius 3 is 3.17 bits per heavy atom. The second kappa shape index (κ2) is 5.37. The molecule has 0 bridgehead atoms. The van der Waals surface area contributed by atoms with Crippen LogP contribution in [0.15, 0.2) is 21.9 Å². The van der Waals surface area contributed by atoms with E-state index in [2.05, 4.69) is 30.9 Å². The van der Waals surface area contributed by atoms with Gasteiger partial charge < -0.3 is 0 Å². The second-order valence-electron chi connectivity index (χ2n) is 4.28. The van der Waals surface area contributed by atoms with Gasteiger partial charge in [0.15, 0.2) is 0 Å². The Labute approximate surface area is 113 Å². The predicted molar refractivity (Wildman–Crippen MR) is 71.1 cm³/mol. The molecule has 1 saturated heterocycles. The number of amides is 1. The van der Waals surface area contributed by atoms with Crippen molar-refractivity contribution < 1.29 is 4.79 Å². The summed E-state index contributed by atoms with van der Waals surface area (Å²) in [5, 5.41) is 3.52. The summed E-state index contributed by atoms with van der Waals surface area (Å²) in [6, 6.07) is 1.87. The van der Waals surface area contributed by atoms with E-state index in [1.54, 1.807) is 11.1 Å². The van der Waals surface area contributed by atoms with E-state index in [1.165, 1.54) is 0 Å². The molecule has 1 unspecified atom stereocenters. The quantitative estimate of drug-likeness (QED) is 0.488. The van der Waals surface area contributed by atoms with Crippen molar-refractivity contribution >= 4 is 27.7 Å². The molecule has 7 heteroatoms. The molecule has 1 aliphatic rings. The number of rotatable bonds is 3. The summed E-state index contributed by atoms with van der Waals surface area (Å²) in [6.07, 6.45) is 2.11. The molecule has 0 aromatic carbocycles. The third-order valence-corrected chi connectivity index (χ3v) is 3.75. The van der Waals surface area contributed by atoms with Crippen molar-refractivity contribution in [3.05, 3.63) is 32.7 Å². The van der Waals surface area contributed by atoms with Crippen molar-refractivity contribution in [1.82, 2.24) is 4.98 Å². The topological polar surface area (TPSA) is 82.0 Å². The Morgan fingerprint density at radius 1 is 1.72 bits per heavy atom. The zero-order chi connectivity index (χ0) is 13.1. The van der Waals surface area contributed by atoms with E-state index in [0.29, 0.717) is 25.3 Å². The first kappa shape index (κ1) is 12.9. The summed E-state index contributed by atoms with van der Waals surface area (Å²) in [4.78, 5) is 20.5. The summed E-state index contributed by atoms with van der Waals surface area (Å²) < 4.78 is 0.920. The fourth-order valence-corrected chi connectivity index (χ4v) is 2.17. The Kier molecular flexibility index (Phi) is 3.84. The first-order valence-electron chi connectivity index (χ1n) is 5.55. The lowest BCUT2D eigenvalue weighted by molar-refractivity contribution is -0.117. The van der Waals surface area contributed by atoms with Crippen LogP contribution in [-0.4, -0.2) is 24.0 Å². The molecular weight excluding hydrogens is 298 g/mol. The molecule has 1 amide bonds. The molecule has 1 atom stereocenters. The lowest BCUT2D eigenvalue weighted by atomic mass is 10.1. The number of azide groups is 1. The number of aromatic nitrogens is 1. The Balaban J connectivity index is 2.16. The average Bonchev–Trinajstić information content (AvgIpc) is 2.71. The Bertz CT molecular complexity index is 526. The molecule has 0 aliphatic carbocycles. The van der Waals surface area contributed by atoms with Crippen LogP contribution in [0.5, 0.6) is 0 Å². The molecule has 0 spiro atoms. The number of anilines is 1. The number of carbonyl (C=O) groups is 1. The van der Waals surface area contributed by atoms with Crippen molar-refractivity contribution in [3.63, 3.8) is 0 Å². The number of carbonyl (C=O) groups excluding carboxylic acids is 1. The van der Waals surface area contributed by atoms with Crippen LogP contribution >= 0.6 is 15.9 Å². The van der Waals surface area contributed by atoms with E-state index < -0.39 is 0 Å². The average molecular weight is 310 g/mol. The van der Waals surface area contributed by atoms with Gasteiger partial charge in [0.1, 0.15) is 5.82 Å². The van der Waals surface area contributed by atoms with E-state index in [-0.39, 0.29) is 11.8 Å². The second-order valence-corrected chi connectivity index (χ2v) is 5.13. The molecule has 1 aliphatic heterocycles. The van der Waals surface area contributed by atoms with E-state index >= 15 is 0 Å². The van der Waals surface area contributed by atoms with Crippen LogP contribution in [0.25, 0.3) is 10.4 Å². The first-order valence-corrected chi connectivity index (χ1v) is 6.34. The molecule has 2 heterocycles. The molecule has 0 radical (unpaired) electrons. The summed E-state index contributed by atoms with van der Waals surface area (Å²) >= 11 is 3.38. The molecule has 1 fully saturated rings. The smallest absolute Gasteiger partial charge is 0.228 e. The zero-order valence-electron chi connectivity index (χ0n) is 9.88. The van der Waals surface area contributed by atoms with Crippen molar-refractivity contribution in [1.29, 1.82) is 0 Å². The highest BCUT2D eigenvalue weighted by Crippen LogP contribution is 2.26. The third-order valence-electron chi connectivity index (χ3n) is 2.92. The van der Waals surface area contributed by atoms with Gasteiger partial charge in [0.2, 0.25) is 5.91 Å². The minimum absolute atomic E-state index is 0.0300. The number of aryl methyl sites for hydroxylation is 1. The SMILES string of the molecule is Cc1cc(N2CC(CN=[N+]=[N-])CC2=O)ncc1Br. The van der Waals surface area contributed by atoms with Crippen molar-refractivity contribution in [2.24, 2.45) is 11.0 Å². The van der Waals surface area contributed by atoms with Gasteiger partial charge in [0.05, 0.1) is 0 Å². The number of halogens is 1. The van der Waals surface area contributed by atoms with Crippen LogP contribution in [0.3, 0.4) is 0 Å². The van der Waals surface area contributed by atoms with Crippen LogP contribution in [0.2, 0.25) is 0 Å². The van der Waals surface area contributed by atoms with Gasteiger partial charge in [-0.05, 0) is 45.9 Å². The van der Waals surface area contributed by atoms with Crippen molar-refractivity contribution in [2.45, 2.75) is 13.3 Å². The van der Waals surface area contributed by atoms with Gasteiger partial charge >= 0.3 is 0 Å². The van der Waals surface area contributed by atoms with Crippen LogP contribution in [-0.2, 0) is 4.79 Å². The van der Waals surface area contributed by atoms with E-state index in [9.17, 15) is 4.79 Å². The zero-order valence-corrected chi connectivity index (χ0v) is 11.5. The largest absolute Gasteiger partial charge is 0.297 e. The van der Waals surface area contributed by atoms with E-state index in [1.807, 2.05) is 13.0 Å². The third kappa shape index (κ3) is 2.63. The highest BCUT2D eigenvalue weighted by molar-refractivity contribution is 9.10. The van der Waals surface area contributed by atoms with E-state index in [0.717, 1.165) is 10.0 Å². The molecular formula is C11H12BrN5O.